The van der Waals surface area contributed by atoms with Gasteiger partial charge in [-0.15, -0.1) is 0 Å². The zero-order valence-corrected chi connectivity index (χ0v) is 17.6. The van der Waals surface area contributed by atoms with Gasteiger partial charge in [0.2, 0.25) is 0 Å². The van der Waals surface area contributed by atoms with Crippen LogP contribution in [-0.2, 0) is 9.53 Å². The number of amides is 1. The molecular weight excluding hydrogens is 418 g/mol. The molecule has 1 N–H and O–H groups in total. The average molecular weight is 436 g/mol. The van der Waals surface area contributed by atoms with Crippen LogP contribution in [0.3, 0.4) is 0 Å². The molecule has 7 nitrogen and oxygen atoms in total. The number of benzene rings is 2. The number of carbonyl (C=O) groups is 2. The first-order valence-corrected chi connectivity index (χ1v) is 9.84. The minimum Gasteiger partial charge on any atom is -0.452 e. The molecule has 0 fully saturated rings. The number of halogens is 1. The molecule has 2 aromatic carbocycles. The van der Waals surface area contributed by atoms with Gasteiger partial charge in [-0.2, -0.15) is 0 Å². The summed E-state index contributed by atoms with van der Waals surface area (Å²) in [6, 6.07) is 16.0. The Morgan fingerprint density at radius 2 is 1.84 bits per heavy atom. The number of carbonyl (C=O) groups excluding carboxylic acids is 2. The van der Waals surface area contributed by atoms with Crippen molar-refractivity contribution in [2.45, 2.75) is 13.8 Å². The number of nitrogens with one attached hydrogen (secondary N) is 1. The molecule has 0 radical (unpaired) electrons. The molecule has 0 saturated carbocycles. The van der Waals surface area contributed by atoms with Gasteiger partial charge in [-0.25, -0.2) is 9.78 Å². The van der Waals surface area contributed by atoms with E-state index in [0.29, 0.717) is 32.9 Å². The summed E-state index contributed by atoms with van der Waals surface area (Å²) in [5.41, 5.74) is 3.35. The Hall–Kier alpha value is -3.71. The third-order valence-corrected chi connectivity index (χ3v) is 4.81. The van der Waals surface area contributed by atoms with Crippen LogP contribution in [0.25, 0.3) is 22.2 Å². The van der Waals surface area contributed by atoms with Gasteiger partial charge >= 0.3 is 5.97 Å². The Morgan fingerprint density at radius 1 is 1.06 bits per heavy atom. The fourth-order valence-electron chi connectivity index (χ4n) is 3.09. The first kappa shape index (κ1) is 20.6. The summed E-state index contributed by atoms with van der Waals surface area (Å²) in [6.45, 7) is 3.17. The SMILES string of the molecule is Cc1ccc2nc(-c3ccc(Cl)cc3)cc(C(=O)OCC(=O)Nc3cc(C)on3)c2c1. The number of aromatic nitrogens is 2. The van der Waals surface area contributed by atoms with Crippen molar-refractivity contribution in [3.05, 3.63) is 76.5 Å². The van der Waals surface area contributed by atoms with E-state index < -0.39 is 18.5 Å². The zero-order chi connectivity index (χ0) is 22.0. The van der Waals surface area contributed by atoms with Gasteiger partial charge in [0.05, 0.1) is 16.8 Å². The quantitative estimate of drug-likeness (QED) is 0.445. The Labute approximate surface area is 183 Å². The highest BCUT2D eigenvalue weighted by Crippen LogP contribution is 2.27. The lowest BCUT2D eigenvalue weighted by atomic mass is 10.0. The van der Waals surface area contributed by atoms with Gasteiger partial charge in [-0.1, -0.05) is 40.5 Å². The van der Waals surface area contributed by atoms with Crippen LogP contribution in [0.15, 0.2) is 59.1 Å². The fraction of sp³-hybridized carbons (Fsp3) is 0.130. The molecule has 4 aromatic rings. The van der Waals surface area contributed by atoms with E-state index in [-0.39, 0.29) is 5.82 Å². The molecule has 31 heavy (non-hydrogen) atoms. The largest absolute Gasteiger partial charge is 0.452 e. The van der Waals surface area contributed by atoms with E-state index in [1.807, 2.05) is 37.3 Å². The van der Waals surface area contributed by atoms with Crippen molar-refractivity contribution < 1.29 is 18.8 Å². The molecule has 4 rings (SSSR count). The third kappa shape index (κ3) is 4.73. The minimum absolute atomic E-state index is 0.258. The molecular formula is C23H18ClN3O4. The van der Waals surface area contributed by atoms with Crippen molar-refractivity contribution in [3.63, 3.8) is 0 Å². The molecule has 0 aliphatic carbocycles. The maximum Gasteiger partial charge on any atom is 0.339 e. The van der Waals surface area contributed by atoms with E-state index in [4.69, 9.17) is 20.9 Å². The second kappa shape index (κ2) is 8.57. The van der Waals surface area contributed by atoms with E-state index >= 15 is 0 Å². The van der Waals surface area contributed by atoms with Gasteiger partial charge < -0.3 is 14.6 Å². The Kier molecular flexibility index (Phi) is 5.68. The van der Waals surface area contributed by atoms with Crippen molar-refractivity contribution in [1.29, 1.82) is 0 Å². The van der Waals surface area contributed by atoms with E-state index in [2.05, 4.69) is 15.5 Å². The number of fused-ring (bicyclic) bond motifs is 1. The molecule has 0 spiro atoms. The minimum atomic E-state index is -0.625. The molecule has 156 valence electrons. The first-order valence-electron chi connectivity index (χ1n) is 9.47. The molecule has 1 amide bonds. The van der Waals surface area contributed by atoms with Crippen LogP contribution in [0, 0.1) is 13.8 Å². The second-order valence-corrected chi connectivity index (χ2v) is 7.47. The van der Waals surface area contributed by atoms with Gasteiger partial charge in [0.15, 0.2) is 12.4 Å². The van der Waals surface area contributed by atoms with Crippen LogP contribution in [0.4, 0.5) is 5.82 Å². The summed E-state index contributed by atoms with van der Waals surface area (Å²) < 4.78 is 10.2. The zero-order valence-electron chi connectivity index (χ0n) is 16.8. The topological polar surface area (TPSA) is 94.3 Å². The number of hydrogen-bond donors (Lipinski definition) is 1. The maximum absolute atomic E-state index is 12.9. The number of ether oxygens (including phenoxy) is 1. The monoisotopic (exact) mass is 435 g/mol. The summed E-state index contributed by atoms with van der Waals surface area (Å²) in [6.07, 6.45) is 0. The molecule has 0 aliphatic heterocycles. The highest BCUT2D eigenvalue weighted by Gasteiger charge is 2.17. The van der Waals surface area contributed by atoms with Crippen LogP contribution in [-0.4, -0.2) is 28.6 Å². The van der Waals surface area contributed by atoms with Crippen LogP contribution in [0.5, 0.6) is 0 Å². The van der Waals surface area contributed by atoms with Crippen LogP contribution < -0.4 is 5.32 Å². The van der Waals surface area contributed by atoms with Crippen molar-refractivity contribution in [1.82, 2.24) is 10.1 Å². The predicted molar refractivity (Wildman–Crippen MR) is 117 cm³/mol. The number of esters is 1. The van der Waals surface area contributed by atoms with Gasteiger partial charge in [-0.3, -0.25) is 4.79 Å². The van der Waals surface area contributed by atoms with Crippen molar-refractivity contribution >= 4 is 40.2 Å². The van der Waals surface area contributed by atoms with Crippen molar-refractivity contribution in [3.8, 4) is 11.3 Å². The molecule has 0 aliphatic rings. The summed E-state index contributed by atoms with van der Waals surface area (Å²) >= 11 is 5.98. The molecule has 8 heteroatoms. The number of aryl methyl sites for hydroxylation is 2. The normalized spacial score (nSPS) is 10.8. The first-order chi connectivity index (χ1) is 14.9. The Bertz CT molecular complexity index is 1280. The van der Waals surface area contributed by atoms with E-state index in [1.54, 1.807) is 31.2 Å². The van der Waals surface area contributed by atoms with Crippen molar-refractivity contribution in [2.24, 2.45) is 0 Å². The van der Waals surface area contributed by atoms with Crippen LogP contribution in [0.1, 0.15) is 21.7 Å². The lowest BCUT2D eigenvalue weighted by Crippen LogP contribution is -2.21. The molecule has 2 aromatic heterocycles. The second-order valence-electron chi connectivity index (χ2n) is 7.03. The molecule has 0 unspecified atom stereocenters. The summed E-state index contributed by atoms with van der Waals surface area (Å²) in [7, 11) is 0. The molecule has 0 atom stereocenters. The Balaban J connectivity index is 1.61. The van der Waals surface area contributed by atoms with Crippen LogP contribution in [0.2, 0.25) is 5.02 Å². The number of anilines is 1. The third-order valence-electron chi connectivity index (χ3n) is 4.55. The number of rotatable bonds is 5. The highest BCUT2D eigenvalue weighted by molar-refractivity contribution is 6.30. The van der Waals surface area contributed by atoms with Crippen molar-refractivity contribution in [2.75, 3.05) is 11.9 Å². The number of hydrogen-bond acceptors (Lipinski definition) is 6. The van der Waals surface area contributed by atoms with Crippen LogP contribution >= 0.6 is 11.6 Å². The van der Waals surface area contributed by atoms with Gasteiger partial charge in [0.1, 0.15) is 5.76 Å². The van der Waals surface area contributed by atoms with Gasteiger partial charge in [0.25, 0.3) is 5.91 Å². The lowest BCUT2D eigenvalue weighted by Gasteiger charge is -2.11. The summed E-state index contributed by atoms with van der Waals surface area (Å²) in [5, 5.41) is 7.44. The van der Waals surface area contributed by atoms with E-state index in [1.165, 1.54) is 0 Å². The Morgan fingerprint density at radius 3 is 2.55 bits per heavy atom. The lowest BCUT2D eigenvalue weighted by molar-refractivity contribution is -0.119. The summed E-state index contributed by atoms with van der Waals surface area (Å²) in [4.78, 5) is 29.6. The smallest absolute Gasteiger partial charge is 0.339 e. The maximum atomic E-state index is 12.9. The highest BCUT2D eigenvalue weighted by atomic mass is 35.5. The summed E-state index contributed by atoms with van der Waals surface area (Å²) in [5.74, 6) is -0.331. The van der Waals surface area contributed by atoms with E-state index in [0.717, 1.165) is 11.1 Å². The average Bonchev–Trinajstić information content (AvgIpc) is 3.16. The molecule has 2 heterocycles. The van der Waals surface area contributed by atoms with E-state index in [9.17, 15) is 9.59 Å². The molecule has 0 saturated heterocycles. The fourth-order valence-corrected chi connectivity index (χ4v) is 3.22. The van der Waals surface area contributed by atoms with Gasteiger partial charge in [0, 0.05) is 22.0 Å². The number of pyridine rings is 1. The number of nitrogens with zero attached hydrogens (tertiary/aromatic N) is 2. The predicted octanol–water partition coefficient (Wildman–Crippen LogP) is 4.96. The standard InChI is InChI=1S/C23H18ClN3O4/c1-13-3-8-19-17(9-13)18(11-20(25-19)15-4-6-16(24)7-5-15)23(29)30-12-22(28)26-21-10-14(2)31-27-21/h3-11H,12H2,1-2H3,(H,26,27,28). The van der Waals surface area contributed by atoms with Gasteiger partial charge in [-0.05, 0) is 44.2 Å². The molecule has 0 bridgehead atoms.